The third kappa shape index (κ3) is 1.46. The van der Waals surface area contributed by atoms with E-state index in [2.05, 4.69) is 4.98 Å². The molecule has 4 heteroatoms. The number of nitrogens with zero attached hydrogens (tertiary/aromatic N) is 1. The average Bonchev–Trinajstić information content (AvgIpc) is 2.11. The first-order valence-corrected chi connectivity index (χ1v) is 3.82. The van der Waals surface area contributed by atoms with Crippen LogP contribution >= 0.6 is 11.3 Å². The van der Waals surface area contributed by atoms with E-state index in [-0.39, 0.29) is 5.54 Å². The number of hydrogen-bond donors (Lipinski definition) is 2. The number of hydrogen-bond acceptors (Lipinski definition) is 4. The first-order valence-electron chi connectivity index (χ1n) is 3.01. The Morgan fingerprint density at radius 2 is 2.20 bits per heavy atom. The molecule has 4 N–H and O–H groups in total. The number of nitrogens with two attached hydrogens (primary N) is 2. The summed E-state index contributed by atoms with van der Waals surface area (Å²) < 4.78 is 0. The van der Waals surface area contributed by atoms with Gasteiger partial charge in [0.2, 0.25) is 0 Å². The zero-order valence-electron chi connectivity index (χ0n) is 6.09. The van der Waals surface area contributed by atoms with E-state index in [1.165, 1.54) is 11.3 Å². The molecule has 56 valence electrons. The highest BCUT2D eigenvalue weighted by Crippen LogP contribution is 2.24. The van der Waals surface area contributed by atoms with Gasteiger partial charge in [-0.2, -0.15) is 0 Å². The Balaban J connectivity index is 2.96. The fourth-order valence-corrected chi connectivity index (χ4v) is 1.28. The third-order valence-corrected chi connectivity index (χ3v) is 2.32. The predicted octanol–water partition coefficient (Wildman–Crippen LogP) is 0.919. The number of nitrogen functional groups attached to an aromatic ring is 1. The van der Waals surface area contributed by atoms with E-state index in [4.69, 9.17) is 11.5 Å². The Morgan fingerprint density at radius 3 is 2.40 bits per heavy atom. The van der Waals surface area contributed by atoms with Crippen molar-refractivity contribution in [3.63, 3.8) is 0 Å². The molecule has 0 fully saturated rings. The Bertz CT molecular complexity index is 223. The first kappa shape index (κ1) is 7.50. The first-order chi connectivity index (χ1) is 4.50. The van der Waals surface area contributed by atoms with Crippen molar-refractivity contribution in [3.05, 3.63) is 11.1 Å². The highest BCUT2D eigenvalue weighted by atomic mass is 32.1. The lowest BCUT2D eigenvalue weighted by molar-refractivity contribution is 0.566. The van der Waals surface area contributed by atoms with E-state index in [1.807, 2.05) is 13.8 Å². The fraction of sp³-hybridized carbons (Fsp3) is 0.500. The molecule has 0 saturated heterocycles. The lowest BCUT2D eigenvalue weighted by Crippen LogP contribution is -2.27. The molecule has 0 bridgehead atoms. The Hall–Kier alpha value is -0.610. The number of anilines is 1. The number of aromatic nitrogens is 1. The highest BCUT2D eigenvalue weighted by molar-refractivity contribution is 7.15. The molecule has 0 aromatic carbocycles. The zero-order valence-corrected chi connectivity index (χ0v) is 6.90. The number of thiazole rings is 1. The van der Waals surface area contributed by atoms with Crippen molar-refractivity contribution in [2.24, 2.45) is 5.73 Å². The van der Waals surface area contributed by atoms with Crippen LogP contribution in [0.25, 0.3) is 0 Å². The Kier molecular flexibility index (Phi) is 1.66. The standard InChI is InChI=1S/C6H11N3S/c1-6(2,8)4-3-9-5(7)10-4/h3H,8H2,1-2H3,(H2,7,9). The topological polar surface area (TPSA) is 64.9 Å². The summed E-state index contributed by atoms with van der Waals surface area (Å²) in [6.07, 6.45) is 1.72. The van der Waals surface area contributed by atoms with E-state index >= 15 is 0 Å². The van der Waals surface area contributed by atoms with E-state index < -0.39 is 0 Å². The summed E-state index contributed by atoms with van der Waals surface area (Å²) in [6, 6.07) is 0. The van der Waals surface area contributed by atoms with Crippen molar-refractivity contribution in [3.8, 4) is 0 Å². The molecule has 0 saturated carbocycles. The molecule has 0 aliphatic heterocycles. The molecule has 10 heavy (non-hydrogen) atoms. The largest absolute Gasteiger partial charge is 0.375 e. The molecule has 0 atom stereocenters. The van der Waals surface area contributed by atoms with Crippen molar-refractivity contribution < 1.29 is 0 Å². The monoisotopic (exact) mass is 157 g/mol. The third-order valence-electron chi connectivity index (χ3n) is 1.16. The van der Waals surface area contributed by atoms with Gasteiger partial charge in [0.25, 0.3) is 0 Å². The van der Waals surface area contributed by atoms with Gasteiger partial charge in [-0.05, 0) is 13.8 Å². The van der Waals surface area contributed by atoms with E-state index in [0.717, 1.165) is 4.88 Å². The van der Waals surface area contributed by atoms with Gasteiger partial charge in [-0.25, -0.2) is 4.98 Å². The van der Waals surface area contributed by atoms with Crippen LogP contribution in [0.3, 0.4) is 0 Å². The van der Waals surface area contributed by atoms with Gasteiger partial charge in [0, 0.05) is 16.6 Å². The van der Waals surface area contributed by atoms with Crippen molar-refractivity contribution in [1.82, 2.24) is 4.98 Å². The molecule has 1 aromatic rings. The summed E-state index contributed by atoms with van der Waals surface area (Å²) in [6.45, 7) is 3.86. The quantitative estimate of drug-likeness (QED) is 0.637. The molecule has 1 heterocycles. The molecule has 0 amide bonds. The van der Waals surface area contributed by atoms with Gasteiger partial charge in [0.05, 0.1) is 0 Å². The smallest absolute Gasteiger partial charge is 0.180 e. The molecule has 0 spiro atoms. The summed E-state index contributed by atoms with van der Waals surface area (Å²) in [5, 5.41) is 0.577. The summed E-state index contributed by atoms with van der Waals surface area (Å²) >= 11 is 1.44. The van der Waals surface area contributed by atoms with Crippen LogP contribution in [-0.2, 0) is 5.54 Å². The molecule has 0 aliphatic rings. The van der Waals surface area contributed by atoms with E-state index in [9.17, 15) is 0 Å². The highest BCUT2D eigenvalue weighted by Gasteiger charge is 2.16. The minimum atomic E-state index is -0.310. The van der Waals surface area contributed by atoms with Crippen LogP contribution in [0.1, 0.15) is 18.7 Å². The molecule has 1 rings (SSSR count). The molecule has 0 aliphatic carbocycles. The van der Waals surface area contributed by atoms with Crippen LogP contribution in [-0.4, -0.2) is 4.98 Å². The van der Waals surface area contributed by atoms with Gasteiger partial charge in [-0.3, -0.25) is 0 Å². The average molecular weight is 157 g/mol. The van der Waals surface area contributed by atoms with Gasteiger partial charge < -0.3 is 11.5 Å². The van der Waals surface area contributed by atoms with Crippen LogP contribution in [0.15, 0.2) is 6.20 Å². The van der Waals surface area contributed by atoms with Crippen LogP contribution in [0.5, 0.6) is 0 Å². The van der Waals surface area contributed by atoms with Crippen LogP contribution in [0, 0.1) is 0 Å². The SMILES string of the molecule is CC(C)(N)c1cnc(N)s1. The van der Waals surface area contributed by atoms with Gasteiger partial charge in [-0.1, -0.05) is 0 Å². The Labute approximate surface area is 64.1 Å². The van der Waals surface area contributed by atoms with E-state index in [1.54, 1.807) is 6.20 Å². The maximum Gasteiger partial charge on any atom is 0.180 e. The summed E-state index contributed by atoms with van der Waals surface area (Å²) in [5.74, 6) is 0. The second kappa shape index (κ2) is 2.21. The van der Waals surface area contributed by atoms with Crippen molar-refractivity contribution >= 4 is 16.5 Å². The van der Waals surface area contributed by atoms with Gasteiger partial charge in [0.15, 0.2) is 5.13 Å². The zero-order chi connectivity index (χ0) is 7.78. The summed E-state index contributed by atoms with van der Waals surface area (Å²) in [5.41, 5.74) is 10.9. The minimum absolute atomic E-state index is 0.310. The molecule has 1 aromatic heterocycles. The molecular weight excluding hydrogens is 146 g/mol. The Morgan fingerprint density at radius 1 is 1.60 bits per heavy atom. The number of rotatable bonds is 1. The predicted molar refractivity (Wildman–Crippen MR) is 43.7 cm³/mol. The molecule has 0 unspecified atom stereocenters. The molecule has 0 radical (unpaired) electrons. The summed E-state index contributed by atoms with van der Waals surface area (Å²) in [7, 11) is 0. The fourth-order valence-electron chi connectivity index (χ4n) is 0.586. The lowest BCUT2D eigenvalue weighted by atomic mass is 10.1. The maximum absolute atomic E-state index is 5.78. The van der Waals surface area contributed by atoms with Crippen molar-refractivity contribution in [1.29, 1.82) is 0 Å². The lowest BCUT2D eigenvalue weighted by Gasteiger charge is -2.14. The maximum atomic E-state index is 5.78. The van der Waals surface area contributed by atoms with Gasteiger partial charge in [-0.15, -0.1) is 11.3 Å². The van der Waals surface area contributed by atoms with Crippen molar-refractivity contribution in [2.45, 2.75) is 19.4 Å². The molecular formula is C6H11N3S. The second-order valence-electron chi connectivity index (χ2n) is 2.78. The van der Waals surface area contributed by atoms with E-state index in [0.29, 0.717) is 5.13 Å². The van der Waals surface area contributed by atoms with Crippen molar-refractivity contribution in [2.75, 3.05) is 5.73 Å². The van der Waals surface area contributed by atoms with Crippen LogP contribution in [0.2, 0.25) is 0 Å². The van der Waals surface area contributed by atoms with Gasteiger partial charge >= 0.3 is 0 Å². The van der Waals surface area contributed by atoms with Crippen LogP contribution < -0.4 is 11.5 Å². The van der Waals surface area contributed by atoms with Crippen LogP contribution in [0.4, 0.5) is 5.13 Å². The normalized spacial score (nSPS) is 11.9. The second-order valence-corrected chi connectivity index (χ2v) is 3.85. The van der Waals surface area contributed by atoms with Gasteiger partial charge in [0.1, 0.15) is 0 Å². The summed E-state index contributed by atoms with van der Waals surface area (Å²) in [4.78, 5) is 4.92. The minimum Gasteiger partial charge on any atom is -0.375 e. The molecule has 3 nitrogen and oxygen atoms in total.